The minimum atomic E-state index is 0.299. The third-order valence-electron chi connectivity index (χ3n) is 3.24. The fourth-order valence-electron chi connectivity index (χ4n) is 1.95. The number of nitrogens with zero attached hydrogens (tertiary/aromatic N) is 1. The van der Waals surface area contributed by atoms with Crippen molar-refractivity contribution in [2.75, 3.05) is 13.7 Å². The number of hydrogen-bond donors (Lipinski definition) is 1. The smallest absolute Gasteiger partial charge is 0.219 e. The second kappa shape index (κ2) is 7.64. The molecule has 21 heavy (non-hydrogen) atoms. The number of rotatable bonds is 7. The van der Waals surface area contributed by atoms with Crippen LogP contribution in [0, 0.1) is 0 Å². The minimum absolute atomic E-state index is 0.299. The average molecular weight is 286 g/mol. The summed E-state index contributed by atoms with van der Waals surface area (Å²) >= 11 is 0. The Kier molecular flexibility index (Phi) is 5.58. The molecule has 1 N–H and O–H groups in total. The van der Waals surface area contributed by atoms with E-state index in [9.17, 15) is 0 Å². The summed E-state index contributed by atoms with van der Waals surface area (Å²) in [4.78, 5) is 4.35. The average Bonchev–Trinajstić information content (AvgIpc) is 2.54. The van der Waals surface area contributed by atoms with Gasteiger partial charge in [0.2, 0.25) is 5.88 Å². The number of hydrogen-bond acceptors (Lipinski definition) is 4. The van der Waals surface area contributed by atoms with Crippen molar-refractivity contribution in [3.63, 3.8) is 0 Å². The van der Waals surface area contributed by atoms with E-state index in [1.165, 1.54) is 0 Å². The molecule has 2 rings (SSSR count). The first-order chi connectivity index (χ1) is 10.2. The van der Waals surface area contributed by atoms with Crippen molar-refractivity contribution in [3.8, 4) is 17.4 Å². The van der Waals surface area contributed by atoms with Gasteiger partial charge in [-0.15, -0.1) is 0 Å². The lowest BCUT2D eigenvalue weighted by atomic mass is 10.1. The maximum atomic E-state index is 5.71. The summed E-state index contributed by atoms with van der Waals surface area (Å²) in [6.45, 7) is 5.30. The normalized spacial score (nSPS) is 12.0. The van der Waals surface area contributed by atoms with Crippen molar-refractivity contribution in [2.45, 2.75) is 26.3 Å². The molecule has 0 saturated carbocycles. The van der Waals surface area contributed by atoms with Gasteiger partial charge in [0.05, 0.1) is 7.11 Å². The van der Waals surface area contributed by atoms with Crippen LogP contribution in [0.1, 0.15) is 31.9 Å². The van der Waals surface area contributed by atoms with E-state index in [1.54, 1.807) is 7.11 Å². The highest BCUT2D eigenvalue weighted by Crippen LogP contribution is 2.23. The maximum Gasteiger partial charge on any atom is 0.219 e. The Morgan fingerprint density at radius 3 is 2.38 bits per heavy atom. The van der Waals surface area contributed by atoms with Crippen molar-refractivity contribution >= 4 is 0 Å². The van der Waals surface area contributed by atoms with Gasteiger partial charge in [-0.3, -0.25) is 0 Å². The summed E-state index contributed by atoms with van der Waals surface area (Å²) in [6.07, 6.45) is 2.97. The highest BCUT2D eigenvalue weighted by atomic mass is 16.5. The number of aromatic nitrogens is 1. The lowest BCUT2D eigenvalue weighted by Crippen LogP contribution is -2.19. The third-order valence-corrected chi connectivity index (χ3v) is 3.24. The molecule has 1 atom stereocenters. The fourth-order valence-corrected chi connectivity index (χ4v) is 1.95. The van der Waals surface area contributed by atoms with Crippen LogP contribution in [0.25, 0.3) is 0 Å². The predicted molar refractivity (Wildman–Crippen MR) is 84.0 cm³/mol. The van der Waals surface area contributed by atoms with Gasteiger partial charge in [0.15, 0.2) is 0 Å². The lowest BCUT2D eigenvalue weighted by molar-refractivity contribution is 0.412. The molecule has 1 unspecified atom stereocenters. The van der Waals surface area contributed by atoms with Gasteiger partial charge in [0, 0.05) is 18.3 Å². The Morgan fingerprint density at radius 1 is 1.10 bits per heavy atom. The van der Waals surface area contributed by atoms with E-state index in [-0.39, 0.29) is 0 Å². The van der Waals surface area contributed by atoms with E-state index in [2.05, 4.69) is 24.1 Å². The van der Waals surface area contributed by atoms with Crippen LogP contribution >= 0.6 is 0 Å². The topological polar surface area (TPSA) is 43.4 Å². The van der Waals surface area contributed by atoms with Gasteiger partial charge in [-0.25, -0.2) is 4.98 Å². The number of methoxy groups -OCH3 is 1. The standard InChI is InChI=1S/C17H22N2O2/c1-4-11-18-13(2)14-5-10-17(19-12-14)21-16-8-6-15(20-3)7-9-16/h5-10,12-13,18H,4,11H2,1-3H3. The van der Waals surface area contributed by atoms with Crippen molar-refractivity contribution in [1.82, 2.24) is 10.3 Å². The molecular formula is C17H22N2O2. The van der Waals surface area contributed by atoms with Crippen LogP contribution in [0.5, 0.6) is 17.4 Å². The molecule has 1 aromatic carbocycles. The monoisotopic (exact) mass is 286 g/mol. The summed E-state index contributed by atoms with van der Waals surface area (Å²) < 4.78 is 10.8. The molecule has 1 heterocycles. The van der Waals surface area contributed by atoms with Crippen LogP contribution in [-0.4, -0.2) is 18.6 Å². The van der Waals surface area contributed by atoms with E-state index in [1.807, 2.05) is 42.6 Å². The first-order valence-electron chi connectivity index (χ1n) is 7.24. The van der Waals surface area contributed by atoms with Gasteiger partial charge in [0.25, 0.3) is 0 Å². The Hall–Kier alpha value is -2.07. The second-order valence-electron chi connectivity index (χ2n) is 4.88. The summed E-state index contributed by atoms with van der Waals surface area (Å²) in [5.74, 6) is 2.14. The lowest BCUT2D eigenvalue weighted by Gasteiger charge is -2.13. The zero-order chi connectivity index (χ0) is 15.1. The predicted octanol–water partition coefficient (Wildman–Crippen LogP) is 3.94. The van der Waals surface area contributed by atoms with E-state index in [0.717, 1.165) is 30.0 Å². The van der Waals surface area contributed by atoms with E-state index >= 15 is 0 Å². The van der Waals surface area contributed by atoms with E-state index in [4.69, 9.17) is 9.47 Å². The molecular weight excluding hydrogens is 264 g/mol. The summed E-state index contributed by atoms with van der Waals surface area (Å²) in [6, 6.07) is 11.7. The summed E-state index contributed by atoms with van der Waals surface area (Å²) in [7, 11) is 1.64. The molecule has 0 amide bonds. The van der Waals surface area contributed by atoms with Gasteiger partial charge in [-0.2, -0.15) is 0 Å². The second-order valence-corrected chi connectivity index (χ2v) is 4.88. The molecule has 0 spiro atoms. The number of benzene rings is 1. The Bertz CT molecular complexity index is 538. The highest BCUT2D eigenvalue weighted by Gasteiger charge is 2.05. The molecule has 0 saturated heterocycles. The quantitative estimate of drug-likeness (QED) is 0.837. The first-order valence-corrected chi connectivity index (χ1v) is 7.24. The van der Waals surface area contributed by atoms with Crippen molar-refractivity contribution in [1.29, 1.82) is 0 Å². The molecule has 0 radical (unpaired) electrons. The van der Waals surface area contributed by atoms with Crippen LogP contribution in [0.4, 0.5) is 0 Å². The van der Waals surface area contributed by atoms with Crippen LogP contribution in [0.15, 0.2) is 42.6 Å². The number of pyridine rings is 1. The SMILES string of the molecule is CCCNC(C)c1ccc(Oc2ccc(OC)cc2)nc1. The third kappa shape index (κ3) is 4.46. The molecule has 0 aliphatic rings. The van der Waals surface area contributed by atoms with Gasteiger partial charge in [0.1, 0.15) is 11.5 Å². The molecule has 0 aliphatic carbocycles. The molecule has 0 bridgehead atoms. The van der Waals surface area contributed by atoms with Crippen molar-refractivity contribution < 1.29 is 9.47 Å². The van der Waals surface area contributed by atoms with Crippen molar-refractivity contribution in [3.05, 3.63) is 48.2 Å². The molecule has 0 aliphatic heterocycles. The molecule has 0 fully saturated rings. The number of nitrogens with one attached hydrogen (secondary N) is 1. The molecule has 2 aromatic rings. The van der Waals surface area contributed by atoms with Gasteiger partial charge in [-0.1, -0.05) is 13.0 Å². The van der Waals surface area contributed by atoms with Gasteiger partial charge in [-0.05, 0) is 49.7 Å². The Morgan fingerprint density at radius 2 is 1.81 bits per heavy atom. The summed E-state index contributed by atoms with van der Waals surface area (Å²) in [5, 5.41) is 3.44. The van der Waals surface area contributed by atoms with E-state index in [0.29, 0.717) is 11.9 Å². The largest absolute Gasteiger partial charge is 0.497 e. The van der Waals surface area contributed by atoms with Crippen LogP contribution in [-0.2, 0) is 0 Å². The number of ether oxygens (including phenoxy) is 2. The highest BCUT2D eigenvalue weighted by molar-refractivity contribution is 5.33. The first kappa shape index (κ1) is 15.3. The minimum Gasteiger partial charge on any atom is -0.497 e. The Labute approximate surface area is 126 Å². The van der Waals surface area contributed by atoms with Crippen LogP contribution in [0.3, 0.4) is 0 Å². The van der Waals surface area contributed by atoms with Gasteiger partial charge < -0.3 is 14.8 Å². The zero-order valence-electron chi connectivity index (χ0n) is 12.8. The van der Waals surface area contributed by atoms with E-state index < -0.39 is 0 Å². The fraction of sp³-hybridized carbons (Fsp3) is 0.353. The molecule has 4 nitrogen and oxygen atoms in total. The molecule has 4 heteroatoms. The summed E-state index contributed by atoms with van der Waals surface area (Å²) in [5.41, 5.74) is 1.16. The van der Waals surface area contributed by atoms with Crippen LogP contribution < -0.4 is 14.8 Å². The molecule has 112 valence electrons. The van der Waals surface area contributed by atoms with Crippen molar-refractivity contribution in [2.24, 2.45) is 0 Å². The maximum absolute atomic E-state index is 5.71. The zero-order valence-corrected chi connectivity index (χ0v) is 12.8. The van der Waals surface area contributed by atoms with Crippen LogP contribution in [0.2, 0.25) is 0 Å². The molecule has 1 aromatic heterocycles. The Balaban J connectivity index is 1.98. The van der Waals surface area contributed by atoms with Gasteiger partial charge >= 0.3 is 0 Å².